The van der Waals surface area contributed by atoms with Gasteiger partial charge in [-0.05, 0) is 19.1 Å². The van der Waals surface area contributed by atoms with Crippen LogP contribution in [0.25, 0.3) is 0 Å². The molecule has 0 spiro atoms. The van der Waals surface area contributed by atoms with E-state index in [4.69, 9.17) is 5.73 Å². The van der Waals surface area contributed by atoms with Gasteiger partial charge in [0.25, 0.3) is 0 Å². The van der Waals surface area contributed by atoms with Gasteiger partial charge in [-0.3, -0.25) is 4.79 Å². The van der Waals surface area contributed by atoms with Crippen molar-refractivity contribution in [3.8, 4) is 0 Å². The number of rotatable bonds is 2. The first-order valence-corrected chi connectivity index (χ1v) is 4.01. The molecule has 0 aliphatic carbocycles. The van der Waals surface area contributed by atoms with Gasteiger partial charge in [0.15, 0.2) is 0 Å². The molecule has 1 aromatic rings. The van der Waals surface area contributed by atoms with Crippen LogP contribution in [0.2, 0.25) is 0 Å². The van der Waals surface area contributed by atoms with E-state index >= 15 is 0 Å². The van der Waals surface area contributed by atoms with Crippen molar-refractivity contribution in [2.24, 2.45) is 5.73 Å². The van der Waals surface area contributed by atoms with Crippen LogP contribution in [0, 0.1) is 11.6 Å². The van der Waals surface area contributed by atoms with Crippen LogP contribution < -0.4 is 11.1 Å². The van der Waals surface area contributed by atoms with E-state index in [1.165, 1.54) is 6.92 Å². The Labute approximate surface area is 79.9 Å². The molecule has 0 aromatic heterocycles. The molecule has 1 rings (SSSR count). The molecule has 1 atom stereocenters. The van der Waals surface area contributed by atoms with E-state index < -0.39 is 23.6 Å². The predicted octanol–water partition coefficient (Wildman–Crippen LogP) is 1.25. The van der Waals surface area contributed by atoms with Crippen LogP contribution >= 0.6 is 0 Å². The van der Waals surface area contributed by atoms with Crippen molar-refractivity contribution in [1.82, 2.24) is 0 Å². The van der Waals surface area contributed by atoms with Crippen molar-refractivity contribution in [2.45, 2.75) is 13.0 Å². The number of anilines is 1. The summed E-state index contributed by atoms with van der Waals surface area (Å²) in [6.45, 7) is 1.48. The number of hydrogen-bond donors (Lipinski definition) is 2. The van der Waals surface area contributed by atoms with Crippen molar-refractivity contribution in [1.29, 1.82) is 0 Å². The van der Waals surface area contributed by atoms with Gasteiger partial charge >= 0.3 is 0 Å². The molecule has 3 nitrogen and oxygen atoms in total. The summed E-state index contributed by atoms with van der Waals surface area (Å²) in [6, 6.07) is 2.04. The summed E-state index contributed by atoms with van der Waals surface area (Å²) in [5.41, 5.74) is 5.32. The van der Waals surface area contributed by atoms with Gasteiger partial charge in [-0.15, -0.1) is 0 Å². The zero-order valence-electron chi connectivity index (χ0n) is 7.55. The first-order valence-electron chi connectivity index (χ1n) is 4.01. The predicted molar refractivity (Wildman–Crippen MR) is 48.6 cm³/mol. The van der Waals surface area contributed by atoms with Crippen molar-refractivity contribution in [2.75, 3.05) is 5.32 Å². The van der Waals surface area contributed by atoms with E-state index in [2.05, 4.69) is 5.32 Å². The van der Waals surface area contributed by atoms with E-state index in [-0.39, 0.29) is 5.69 Å². The van der Waals surface area contributed by atoms with Crippen molar-refractivity contribution < 1.29 is 13.6 Å². The van der Waals surface area contributed by atoms with E-state index in [9.17, 15) is 13.6 Å². The average molecular weight is 200 g/mol. The highest BCUT2D eigenvalue weighted by Crippen LogP contribution is 2.12. The highest BCUT2D eigenvalue weighted by Gasteiger charge is 2.08. The highest BCUT2D eigenvalue weighted by atomic mass is 19.1. The molecule has 1 aromatic carbocycles. The summed E-state index contributed by atoms with van der Waals surface area (Å²) < 4.78 is 25.3. The second-order valence-corrected chi connectivity index (χ2v) is 2.94. The SMILES string of the molecule is C[C@@H](N)C(=O)Nc1cc(F)cc(F)c1. The van der Waals surface area contributed by atoms with Crippen LogP contribution in [-0.4, -0.2) is 11.9 Å². The molecule has 14 heavy (non-hydrogen) atoms. The zero-order valence-corrected chi connectivity index (χ0v) is 7.55. The normalized spacial score (nSPS) is 12.3. The number of halogens is 2. The Morgan fingerprint density at radius 3 is 2.29 bits per heavy atom. The molecule has 0 saturated carbocycles. The Bertz CT molecular complexity index is 332. The minimum atomic E-state index is -0.745. The van der Waals surface area contributed by atoms with Gasteiger partial charge in [-0.1, -0.05) is 0 Å². The van der Waals surface area contributed by atoms with E-state index in [0.717, 1.165) is 18.2 Å². The van der Waals surface area contributed by atoms with Gasteiger partial charge in [0, 0.05) is 11.8 Å². The highest BCUT2D eigenvalue weighted by molar-refractivity contribution is 5.94. The second kappa shape index (κ2) is 4.15. The van der Waals surface area contributed by atoms with Crippen molar-refractivity contribution in [3.63, 3.8) is 0 Å². The molecule has 1 amide bonds. The van der Waals surface area contributed by atoms with Crippen molar-refractivity contribution >= 4 is 11.6 Å². The maximum absolute atomic E-state index is 12.7. The lowest BCUT2D eigenvalue weighted by molar-refractivity contribution is -0.117. The second-order valence-electron chi connectivity index (χ2n) is 2.94. The van der Waals surface area contributed by atoms with Crippen LogP contribution in [0.15, 0.2) is 18.2 Å². The molecule has 3 N–H and O–H groups in total. The summed E-state index contributed by atoms with van der Waals surface area (Å²) in [5, 5.41) is 2.28. The molecular weight excluding hydrogens is 190 g/mol. The monoisotopic (exact) mass is 200 g/mol. The lowest BCUT2D eigenvalue weighted by Gasteiger charge is -2.07. The number of amides is 1. The molecule has 0 saturated heterocycles. The third-order valence-electron chi connectivity index (χ3n) is 1.54. The zero-order chi connectivity index (χ0) is 10.7. The van der Waals surface area contributed by atoms with Gasteiger partial charge in [0.1, 0.15) is 11.6 Å². The smallest absolute Gasteiger partial charge is 0.241 e. The Balaban J connectivity index is 2.82. The van der Waals surface area contributed by atoms with E-state index in [1.807, 2.05) is 0 Å². The number of nitrogens with two attached hydrogens (primary N) is 1. The Kier molecular flexibility index (Phi) is 3.14. The van der Waals surface area contributed by atoms with Crippen molar-refractivity contribution in [3.05, 3.63) is 29.8 Å². The molecule has 0 aliphatic heterocycles. The maximum Gasteiger partial charge on any atom is 0.241 e. The lowest BCUT2D eigenvalue weighted by Crippen LogP contribution is -2.32. The minimum Gasteiger partial charge on any atom is -0.325 e. The third-order valence-corrected chi connectivity index (χ3v) is 1.54. The van der Waals surface area contributed by atoms with E-state index in [1.54, 1.807) is 0 Å². The molecule has 0 aliphatic rings. The summed E-state index contributed by atoms with van der Waals surface area (Å²) in [6.07, 6.45) is 0. The number of nitrogens with one attached hydrogen (secondary N) is 1. The number of benzene rings is 1. The quantitative estimate of drug-likeness (QED) is 0.754. The third kappa shape index (κ3) is 2.77. The van der Waals surface area contributed by atoms with Gasteiger partial charge in [-0.2, -0.15) is 0 Å². The van der Waals surface area contributed by atoms with Gasteiger partial charge < -0.3 is 11.1 Å². The van der Waals surface area contributed by atoms with Gasteiger partial charge in [0.05, 0.1) is 6.04 Å². The summed E-state index contributed by atoms with van der Waals surface area (Å²) in [4.78, 5) is 11.1. The fourth-order valence-corrected chi connectivity index (χ4v) is 0.882. The fraction of sp³-hybridized carbons (Fsp3) is 0.222. The van der Waals surface area contributed by atoms with E-state index in [0.29, 0.717) is 0 Å². The van der Waals surface area contributed by atoms with Crippen LogP contribution in [-0.2, 0) is 4.79 Å². The largest absolute Gasteiger partial charge is 0.325 e. The number of carbonyl (C=O) groups is 1. The number of carbonyl (C=O) groups excluding carboxylic acids is 1. The van der Waals surface area contributed by atoms with Crippen LogP contribution in [0.4, 0.5) is 14.5 Å². The summed E-state index contributed by atoms with van der Waals surface area (Å²) >= 11 is 0. The molecule has 76 valence electrons. The van der Waals surface area contributed by atoms with Crippen LogP contribution in [0.3, 0.4) is 0 Å². The first kappa shape index (κ1) is 10.6. The molecule has 0 fully saturated rings. The minimum absolute atomic E-state index is 0.0600. The Hall–Kier alpha value is -1.49. The molecule has 0 unspecified atom stereocenters. The average Bonchev–Trinajstić information content (AvgIpc) is 2.01. The van der Waals surface area contributed by atoms with Crippen LogP contribution in [0.5, 0.6) is 0 Å². The Morgan fingerprint density at radius 2 is 1.86 bits per heavy atom. The van der Waals surface area contributed by atoms with Gasteiger partial charge in [0.2, 0.25) is 5.91 Å². The van der Waals surface area contributed by atoms with Crippen LogP contribution in [0.1, 0.15) is 6.92 Å². The first-order chi connectivity index (χ1) is 6.49. The fourth-order valence-electron chi connectivity index (χ4n) is 0.882. The maximum atomic E-state index is 12.7. The molecule has 0 heterocycles. The topological polar surface area (TPSA) is 55.1 Å². The Morgan fingerprint density at radius 1 is 1.36 bits per heavy atom. The number of hydrogen-bond acceptors (Lipinski definition) is 2. The van der Waals surface area contributed by atoms with Gasteiger partial charge in [-0.25, -0.2) is 8.78 Å². The molecular formula is C9H10F2N2O. The lowest BCUT2D eigenvalue weighted by atomic mass is 10.2. The molecule has 0 bridgehead atoms. The molecule has 5 heteroatoms. The summed E-state index contributed by atoms with van der Waals surface area (Å²) in [7, 11) is 0. The summed E-state index contributed by atoms with van der Waals surface area (Å²) in [5.74, 6) is -1.98. The molecule has 0 radical (unpaired) electrons. The standard InChI is InChI=1S/C9H10F2N2O/c1-5(12)9(14)13-8-3-6(10)2-7(11)4-8/h2-5H,12H2,1H3,(H,13,14)/t5-/m1/s1.